The van der Waals surface area contributed by atoms with E-state index in [-0.39, 0.29) is 5.37 Å². The zero-order valence-electron chi connectivity index (χ0n) is 16.3. The Hall–Kier alpha value is -3.37. The molecule has 2 N–H and O–H groups in total. The number of fused-ring (bicyclic) bond motifs is 10. The molecule has 0 spiro atoms. The van der Waals surface area contributed by atoms with Gasteiger partial charge in [0.25, 0.3) is 0 Å². The van der Waals surface area contributed by atoms with Crippen molar-refractivity contribution in [2.75, 3.05) is 5.32 Å². The Labute approximate surface area is 177 Å². The van der Waals surface area contributed by atoms with Gasteiger partial charge in [-0.25, -0.2) is 0 Å². The summed E-state index contributed by atoms with van der Waals surface area (Å²) in [5.41, 5.74) is 7.85. The normalized spacial score (nSPS) is 16.0. The summed E-state index contributed by atoms with van der Waals surface area (Å²) in [4.78, 5) is 4.91. The lowest BCUT2D eigenvalue weighted by molar-refractivity contribution is 0.671. The van der Waals surface area contributed by atoms with Crippen molar-refractivity contribution in [1.82, 2.24) is 4.98 Å². The van der Waals surface area contributed by atoms with E-state index in [0.717, 1.165) is 22.2 Å². The van der Waals surface area contributed by atoms with Crippen molar-refractivity contribution in [1.29, 1.82) is 0 Å². The molecule has 0 fully saturated rings. The maximum Gasteiger partial charge on any atom is 0.160 e. The van der Waals surface area contributed by atoms with Crippen LogP contribution in [0.15, 0.2) is 82.1 Å². The van der Waals surface area contributed by atoms with Gasteiger partial charge in [-0.3, -0.25) is 0 Å². The average Bonchev–Trinajstić information content (AvgIpc) is 3.46. The number of hydrogen-bond acceptors (Lipinski definition) is 3. The second-order valence-electron chi connectivity index (χ2n) is 7.98. The van der Waals surface area contributed by atoms with Crippen LogP contribution in [0.4, 0.5) is 5.69 Å². The molecule has 0 radical (unpaired) electrons. The number of thioether (sulfide) groups is 1. The second-order valence-corrected chi connectivity index (χ2v) is 9.10. The quantitative estimate of drug-likeness (QED) is 0.293. The fourth-order valence-electron chi connectivity index (χ4n) is 4.68. The van der Waals surface area contributed by atoms with Crippen molar-refractivity contribution in [3.05, 3.63) is 83.9 Å². The van der Waals surface area contributed by atoms with Crippen molar-refractivity contribution >= 4 is 61.2 Å². The molecule has 2 aromatic heterocycles. The van der Waals surface area contributed by atoms with E-state index in [0.29, 0.717) is 0 Å². The van der Waals surface area contributed by atoms with Gasteiger partial charge in [0.2, 0.25) is 0 Å². The van der Waals surface area contributed by atoms with Crippen LogP contribution in [0.5, 0.6) is 0 Å². The van der Waals surface area contributed by atoms with Crippen LogP contribution in [0.25, 0.3) is 43.7 Å². The first-order valence-corrected chi connectivity index (χ1v) is 11.0. The highest BCUT2D eigenvalue weighted by Gasteiger charge is 2.31. The van der Waals surface area contributed by atoms with Crippen LogP contribution in [0, 0.1) is 6.92 Å². The summed E-state index contributed by atoms with van der Waals surface area (Å²) in [6, 6.07) is 25.7. The van der Waals surface area contributed by atoms with Crippen LogP contribution >= 0.6 is 11.8 Å². The SMILES string of the molecule is Cc1ccc(C2Nc3c(c4c5ccccc5oc4c4[nH]c5ccccc5c34)S2)cc1. The zero-order chi connectivity index (χ0) is 19.8. The van der Waals surface area contributed by atoms with Crippen molar-refractivity contribution in [3.8, 4) is 0 Å². The molecular formula is C26H18N2OS. The van der Waals surface area contributed by atoms with Gasteiger partial charge in [0, 0.05) is 32.0 Å². The van der Waals surface area contributed by atoms with Gasteiger partial charge in [-0.1, -0.05) is 78.0 Å². The molecule has 30 heavy (non-hydrogen) atoms. The Bertz CT molecular complexity index is 1510. The molecule has 0 saturated carbocycles. The Balaban J connectivity index is 1.60. The van der Waals surface area contributed by atoms with E-state index >= 15 is 0 Å². The molecule has 3 heterocycles. The topological polar surface area (TPSA) is 41.0 Å². The van der Waals surface area contributed by atoms with E-state index in [1.54, 1.807) is 0 Å². The highest BCUT2D eigenvalue weighted by atomic mass is 32.2. The largest absolute Gasteiger partial charge is 0.454 e. The maximum absolute atomic E-state index is 6.40. The Kier molecular flexibility index (Phi) is 3.19. The predicted molar refractivity (Wildman–Crippen MR) is 126 cm³/mol. The standard InChI is InChI=1S/C26H18N2OS/c1-14-10-12-15(13-11-14)26-28-23-20-16-6-2-4-8-18(16)27-22(20)24-21(25(23)30-26)17-7-3-5-9-19(17)29-24/h2-13,26-28H,1H3. The number of para-hydroxylation sites is 2. The van der Waals surface area contributed by atoms with Gasteiger partial charge in [0.1, 0.15) is 11.0 Å². The molecule has 0 saturated heterocycles. The van der Waals surface area contributed by atoms with Crippen LogP contribution in [0.1, 0.15) is 16.5 Å². The summed E-state index contributed by atoms with van der Waals surface area (Å²) in [5.74, 6) is 0. The maximum atomic E-state index is 6.40. The highest BCUT2D eigenvalue weighted by Crippen LogP contribution is 2.56. The first-order valence-electron chi connectivity index (χ1n) is 10.2. The zero-order valence-corrected chi connectivity index (χ0v) is 17.1. The van der Waals surface area contributed by atoms with E-state index in [2.05, 4.69) is 84.0 Å². The third-order valence-corrected chi connectivity index (χ3v) is 7.39. The monoisotopic (exact) mass is 406 g/mol. The highest BCUT2D eigenvalue weighted by molar-refractivity contribution is 8.00. The number of hydrogen-bond donors (Lipinski definition) is 2. The van der Waals surface area contributed by atoms with Gasteiger partial charge in [-0.15, -0.1) is 0 Å². The molecule has 0 aliphatic carbocycles. The minimum atomic E-state index is 0.178. The number of furan rings is 1. The average molecular weight is 407 g/mol. The smallest absolute Gasteiger partial charge is 0.160 e. The van der Waals surface area contributed by atoms with Gasteiger partial charge >= 0.3 is 0 Å². The first-order chi connectivity index (χ1) is 14.8. The predicted octanol–water partition coefficient (Wildman–Crippen LogP) is 7.75. The molecule has 1 atom stereocenters. The molecule has 7 rings (SSSR count). The van der Waals surface area contributed by atoms with E-state index in [9.17, 15) is 0 Å². The lowest BCUT2D eigenvalue weighted by Crippen LogP contribution is -2.01. The summed E-state index contributed by atoms with van der Waals surface area (Å²) in [5, 5.41) is 8.83. The number of aromatic nitrogens is 1. The van der Waals surface area contributed by atoms with Gasteiger partial charge in [0.05, 0.1) is 11.2 Å². The summed E-state index contributed by atoms with van der Waals surface area (Å²) in [7, 11) is 0. The number of aryl methyl sites for hydroxylation is 1. The molecule has 4 aromatic carbocycles. The number of benzene rings is 4. The fourth-order valence-corrected chi connectivity index (χ4v) is 5.99. The lowest BCUT2D eigenvalue weighted by Gasteiger charge is -2.11. The van der Waals surface area contributed by atoms with Crippen LogP contribution < -0.4 is 5.32 Å². The second kappa shape index (κ2) is 5.83. The molecule has 4 heteroatoms. The molecule has 3 nitrogen and oxygen atoms in total. The third-order valence-electron chi connectivity index (χ3n) is 6.12. The minimum absolute atomic E-state index is 0.178. The molecule has 1 aliphatic heterocycles. The van der Waals surface area contributed by atoms with Gasteiger partial charge in [0.15, 0.2) is 5.58 Å². The number of H-pyrrole nitrogens is 1. The van der Waals surface area contributed by atoms with Crippen molar-refractivity contribution in [2.24, 2.45) is 0 Å². The lowest BCUT2D eigenvalue weighted by atomic mass is 10.1. The van der Waals surface area contributed by atoms with Gasteiger partial charge < -0.3 is 14.7 Å². The van der Waals surface area contributed by atoms with Crippen LogP contribution in [0.2, 0.25) is 0 Å². The molecule has 6 aromatic rings. The van der Waals surface area contributed by atoms with Crippen molar-refractivity contribution in [2.45, 2.75) is 17.2 Å². The van der Waals surface area contributed by atoms with Crippen LogP contribution in [-0.4, -0.2) is 4.98 Å². The fraction of sp³-hybridized carbons (Fsp3) is 0.0769. The van der Waals surface area contributed by atoms with Crippen LogP contribution in [0.3, 0.4) is 0 Å². The summed E-state index contributed by atoms with van der Waals surface area (Å²) >= 11 is 1.89. The number of rotatable bonds is 1. The third kappa shape index (κ3) is 2.12. The summed E-state index contributed by atoms with van der Waals surface area (Å²) in [6.07, 6.45) is 0. The van der Waals surface area contributed by atoms with Gasteiger partial charge in [-0.2, -0.15) is 0 Å². The number of aromatic amines is 1. The van der Waals surface area contributed by atoms with Crippen LogP contribution in [-0.2, 0) is 0 Å². The van der Waals surface area contributed by atoms with E-state index in [1.807, 2.05) is 17.8 Å². The van der Waals surface area contributed by atoms with E-state index in [4.69, 9.17) is 4.42 Å². The first kappa shape index (κ1) is 16.4. The molecule has 1 unspecified atom stereocenters. The van der Waals surface area contributed by atoms with Gasteiger partial charge in [-0.05, 0) is 24.6 Å². The molecule has 0 bridgehead atoms. The van der Waals surface area contributed by atoms with Crippen molar-refractivity contribution in [3.63, 3.8) is 0 Å². The molecule has 1 aliphatic rings. The van der Waals surface area contributed by atoms with E-state index in [1.165, 1.54) is 43.3 Å². The molecule has 0 amide bonds. The molecule has 144 valence electrons. The van der Waals surface area contributed by atoms with E-state index < -0.39 is 0 Å². The molecular weight excluding hydrogens is 388 g/mol. The number of anilines is 1. The Morgan fingerprint density at radius 1 is 0.833 bits per heavy atom. The number of nitrogens with one attached hydrogen (secondary N) is 2. The summed E-state index contributed by atoms with van der Waals surface area (Å²) in [6.45, 7) is 2.13. The minimum Gasteiger partial charge on any atom is -0.454 e. The Morgan fingerprint density at radius 3 is 2.47 bits per heavy atom. The van der Waals surface area contributed by atoms with Crippen molar-refractivity contribution < 1.29 is 4.42 Å². The Morgan fingerprint density at radius 2 is 1.60 bits per heavy atom. The summed E-state index contributed by atoms with van der Waals surface area (Å²) < 4.78 is 6.40.